The molecule has 5 heteroatoms. The van der Waals surface area contributed by atoms with E-state index in [4.69, 9.17) is 10.5 Å². The number of hydrogen-bond acceptors (Lipinski definition) is 3. The van der Waals surface area contributed by atoms with E-state index in [1.54, 1.807) is 12.1 Å². The molecule has 3 rings (SSSR count). The summed E-state index contributed by atoms with van der Waals surface area (Å²) in [5.74, 6) is 0.248. The molecule has 1 saturated carbocycles. The molecule has 1 aromatic rings. The lowest BCUT2D eigenvalue weighted by Gasteiger charge is -2.36. The molecular weight excluding hydrogens is 283 g/mol. The van der Waals surface area contributed by atoms with Crippen LogP contribution < -0.4 is 11.1 Å². The van der Waals surface area contributed by atoms with Gasteiger partial charge in [0.15, 0.2) is 0 Å². The number of halogens is 1. The van der Waals surface area contributed by atoms with Gasteiger partial charge < -0.3 is 15.8 Å². The van der Waals surface area contributed by atoms with E-state index >= 15 is 0 Å². The van der Waals surface area contributed by atoms with Gasteiger partial charge in [-0.2, -0.15) is 0 Å². The van der Waals surface area contributed by atoms with E-state index in [1.807, 2.05) is 0 Å². The quantitative estimate of drug-likeness (QED) is 0.871. The van der Waals surface area contributed by atoms with Crippen LogP contribution in [0.15, 0.2) is 24.3 Å². The fourth-order valence-corrected chi connectivity index (χ4v) is 3.21. The molecule has 0 spiro atoms. The van der Waals surface area contributed by atoms with E-state index in [2.05, 4.69) is 5.32 Å². The predicted molar refractivity (Wildman–Crippen MR) is 81.8 cm³/mol. The molecule has 1 unspecified atom stereocenters. The molecule has 1 atom stereocenters. The fourth-order valence-electron chi connectivity index (χ4n) is 3.21. The second kappa shape index (κ2) is 6.34. The summed E-state index contributed by atoms with van der Waals surface area (Å²) in [6, 6.07) is 6.28. The van der Waals surface area contributed by atoms with Crippen LogP contribution in [-0.4, -0.2) is 31.7 Å². The number of benzene rings is 1. The first-order valence-electron chi connectivity index (χ1n) is 7.99. The van der Waals surface area contributed by atoms with Crippen molar-refractivity contribution >= 4 is 5.91 Å². The highest BCUT2D eigenvalue weighted by Crippen LogP contribution is 2.36. The Morgan fingerprint density at radius 2 is 1.95 bits per heavy atom. The maximum absolute atomic E-state index is 13.2. The molecule has 1 aliphatic heterocycles. The Bertz CT molecular complexity index is 522. The van der Waals surface area contributed by atoms with Gasteiger partial charge in [0.1, 0.15) is 5.82 Å². The SMILES string of the molecule is NC(CNC(=O)C1(c2ccc(F)cc2)CCOCC1)C1CC1. The van der Waals surface area contributed by atoms with Crippen LogP contribution in [0, 0.1) is 11.7 Å². The molecule has 2 fully saturated rings. The molecule has 22 heavy (non-hydrogen) atoms. The molecule has 0 bridgehead atoms. The molecule has 0 radical (unpaired) electrons. The first-order valence-corrected chi connectivity index (χ1v) is 7.99. The summed E-state index contributed by atoms with van der Waals surface area (Å²) < 4.78 is 18.6. The molecule has 1 aromatic carbocycles. The van der Waals surface area contributed by atoms with Crippen molar-refractivity contribution in [1.82, 2.24) is 5.32 Å². The zero-order chi connectivity index (χ0) is 15.6. The third kappa shape index (κ3) is 3.15. The zero-order valence-corrected chi connectivity index (χ0v) is 12.7. The number of amides is 1. The molecule has 1 amide bonds. The van der Waals surface area contributed by atoms with Gasteiger partial charge in [-0.25, -0.2) is 4.39 Å². The number of carbonyl (C=O) groups excluding carboxylic acids is 1. The molecular formula is C17H23FN2O2. The highest BCUT2D eigenvalue weighted by molar-refractivity contribution is 5.88. The summed E-state index contributed by atoms with van der Waals surface area (Å²) in [6.45, 7) is 1.59. The first-order chi connectivity index (χ1) is 10.6. The van der Waals surface area contributed by atoms with Crippen molar-refractivity contribution in [3.05, 3.63) is 35.6 Å². The minimum absolute atomic E-state index is 0.0153. The highest BCUT2D eigenvalue weighted by atomic mass is 19.1. The van der Waals surface area contributed by atoms with Crippen LogP contribution in [0.2, 0.25) is 0 Å². The van der Waals surface area contributed by atoms with Gasteiger partial charge in [-0.3, -0.25) is 4.79 Å². The van der Waals surface area contributed by atoms with Crippen molar-refractivity contribution in [2.75, 3.05) is 19.8 Å². The Kier molecular flexibility index (Phi) is 4.45. The third-order valence-electron chi connectivity index (χ3n) is 4.90. The van der Waals surface area contributed by atoms with Gasteiger partial charge in [-0.15, -0.1) is 0 Å². The number of carbonyl (C=O) groups is 1. The van der Waals surface area contributed by atoms with E-state index in [0.29, 0.717) is 38.5 Å². The average Bonchev–Trinajstić information content (AvgIpc) is 3.38. The summed E-state index contributed by atoms with van der Waals surface area (Å²) >= 11 is 0. The normalized spacial score (nSPS) is 22.1. The molecule has 3 N–H and O–H groups in total. The maximum atomic E-state index is 13.2. The summed E-state index contributed by atoms with van der Waals surface area (Å²) in [5.41, 5.74) is 6.30. The van der Waals surface area contributed by atoms with Crippen molar-refractivity contribution in [3.8, 4) is 0 Å². The van der Waals surface area contributed by atoms with Crippen LogP contribution in [0.1, 0.15) is 31.2 Å². The summed E-state index contributed by atoms with van der Waals surface area (Å²) in [7, 11) is 0. The van der Waals surface area contributed by atoms with Crippen LogP contribution in [0.25, 0.3) is 0 Å². The zero-order valence-electron chi connectivity index (χ0n) is 12.7. The lowest BCUT2D eigenvalue weighted by Crippen LogP contribution is -2.50. The van der Waals surface area contributed by atoms with Crippen LogP contribution >= 0.6 is 0 Å². The van der Waals surface area contributed by atoms with E-state index in [1.165, 1.54) is 12.1 Å². The standard InChI is InChI=1S/C17H23FN2O2/c18-14-5-3-13(4-6-14)17(7-9-22-10-8-17)16(21)20-11-15(19)12-1-2-12/h3-6,12,15H,1-2,7-11,19H2,(H,20,21). The number of nitrogens with one attached hydrogen (secondary N) is 1. The van der Waals surface area contributed by atoms with E-state index in [0.717, 1.165) is 18.4 Å². The van der Waals surface area contributed by atoms with E-state index in [-0.39, 0.29) is 17.8 Å². The monoisotopic (exact) mass is 306 g/mol. The largest absolute Gasteiger partial charge is 0.381 e. The Labute approximate surface area is 130 Å². The van der Waals surface area contributed by atoms with Gasteiger partial charge >= 0.3 is 0 Å². The minimum Gasteiger partial charge on any atom is -0.381 e. The third-order valence-corrected chi connectivity index (χ3v) is 4.90. The first kappa shape index (κ1) is 15.4. The van der Waals surface area contributed by atoms with Crippen LogP contribution in [-0.2, 0) is 14.9 Å². The van der Waals surface area contributed by atoms with Crippen LogP contribution in [0.5, 0.6) is 0 Å². The molecule has 2 aliphatic rings. The number of rotatable bonds is 5. The average molecular weight is 306 g/mol. The van der Waals surface area contributed by atoms with Crippen LogP contribution in [0.4, 0.5) is 4.39 Å². The summed E-state index contributed by atoms with van der Waals surface area (Å²) in [6.07, 6.45) is 3.55. The smallest absolute Gasteiger partial charge is 0.230 e. The van der Waals surface area contributed by atoms with Gasteiger partial charge in [0.25, 0.3) is 0 Å². The summed E-state index contributed by atoms with van der Waals surface area (Å²) in [4.78, 5) is 12.8. The Morgan fingerprint density at radius 3 is 2.55 bits per heavy atom. The summed E-state index contributed by atoms with van der Waals surface area (Å²) in [5, 5.41) is 3.01. The number of hydrogen-bond donors (Lipinski definition) is 2. The second-order valence-electron chi connectivity index (χ2n) is 6.41. The molecule has 1 heterocycles. The van der Waals surface area contributed by atoms with Crippen molar-refractivity contribution in [2.24, 2.45) is 11.7 Å². The topological polar surface area (TPSA) is 64.3 Å². The molecule has 1 saturated heterocycles. The van der Waals surface area contributed by atoms with E-state index < -0.39 is 5.41 Å². The minimum atomic E-state index is -0.630. The van der Waals surface area contributed by atoms with Gasteiger partial charge in [0, 0.05) is 25.8 Å². The predicted octanol–water partition coefficient (Wildman–Crippen LogP) is 1.73. The van der Waals surface area contributed by atoms with Gasteiger partial charge in [-0.05, 0) is 49.3 Å². The molecule has 120 valence electrons. The van der Waals surface area contributed by atoms with Crippen LogP contribution in [0.3, 0.4) is 0 Å². The maximum Gasteiger partial charge on any atom is 0.230 e. The van der Waals surface area contributed by atoms with Gasteiger partial charge in [0.05, 0.1) is 5.41 Å². The Morgan fingerprint density at radius 1 is 1.32 bits per heavy atom. The highest BCUT2D eigenvalue weighted by Gasteiger charge is 2.42. The van der Waals surface area contributed by atoms with Gasteiger partial charge in [0.2, 0.25) is 5.91 Å². The second-order valence-corrected chi connectivity index (χ2v) is 6.41. The van der Waals surface area contributed by atoms with Gasteiger partial charge in [-0.1, -0.05) is 12.1 Å². The number of ether oxygens (including phenoxy) is 1. The lowest BCUT2D eigenvalue weighted by atomic mass is 9.73. The van der Waals surface area contributed by atoms with Crippen molar-refractivity contribution in [1.29, 1.82) is 0 Å². The van der Waals surface area contributed by atoms with Crippen molar-refractivity contribution in [2.45, 2.75) is 37.1 Å². The Balaban J connectivity index is 1.75. The molecule has 4 nitrogen and oxygen atoms in total. The Hall–Kier alpha value is -1.46. The molecule has 1 aliphatic carbocycles. The molecule has 0 aromatic heterocycles. The lowest BCUT2D eigenvalue weighted by molar-refractivity contribution is -0.130. The van der Waals surface area contributed by atoms with Crippen molar-refractivity contribution < 1.29 is 13.9 Å². The fraction of sp³-hybridized carbons (Fsp3) is 0.588. The van der Waals surface area contributed by atoms with E-state index in [9.17, 15) is 9.18 Å². The van der Waals surface area contributed by atoms with Crippen molar-refractivity contribution in [3.63, 3.8) is 0 Å². The number of nitrogens with two attached hydrogens (primary N) is 1.